The van der Waals surface area contributed by atoms with Gasteiger partial charge in [0.05, 0.1) is 5.60 Å². The third-order valence-corrected chi connectivity index (χ3v) is 3.36. The first-order valence-corrected chi connectivity index (χ1v) is 6.72. The van der Waals surface area contributed by atoms with Crippen LogP contribution in [0.2, 0.25) is 0 Å². The minimum Gasteiger partial charge on any atom is -0.406 e. The topological polar surface area (TPSA) is 50.7 Å². The van der Waals surface area contributed by atoms with E-state index in [4.69, 9.17) is 4.74 Å². The molecule has 1 aliphatic heterocycles. The third-order valence-electron chi connectivity index (χ3n) is 3.36. The predicted octanol–water partition coefficient (Wildman–Crippen LogP) is 2.22. The highest BCUT2D eigenvalue weighted by atomic mass is 19.4. The third kappa shape index (κ3) is 5.53. The highest BCUT2D eigenvalue weighted by Crippen LogP contribution is 2.23. The van der Waals surface area contributed by atoms with E-state index in [9.17, 15) is 18.3 Å². The number of hydrogen-bond acceptors (Lipinski definition) is 4. The second kappa shape index (κ2) is 6.64. The van der Waals surface area contributed by atoms with Gasteiger partial charge in [0.1, 0.15) is 5.75 Å². The zero-order valence-corrected chi connectivity index (χ0v) is 11.4. The van der Waals surface area contributed by atoms with Crippen LogP contribution in [0, 0.1) is 0 Å². The molecule has 0 spiro atoms. The van der Waals surface area contributed by atoms with Gasteiger partial charge in [-0.1, -0.05) is 12.1 Å². The van der Waals surface area contributed by atoms with Crippen molar-refractivity contribution >= 4 is 0 Å². The Labute approximate surface area is 120 Å². The van der Waals surface area contributed by atoms with Gasteiger partial charge in [0.25, 0.3) is 0 Å². The largest absolute Gasteiger partial charge is 0.573 e. The molecule has 1 aromatic carbocycles. The number of rotatable bonds is 5. The Hall–Kier alpha value is -1.31. The normalized spacial score (nSPS) is 18.5. The van der Waals surface area contributed by atoms with E-state index in [1.54, 1.807) is 12.1 Å². The average molecular weight is 305 g/mol. The van der Waals surface area contributed by atoms with Crippen LogP contribution in [0.3, 0.4) is 0 Å². The Morgan fingerprint density at radius 1 is 1.19 bits per heavy atom. The van der Waals surface area contributed by atoms with Gasteiger partial charge in [-0.2, -0.15) is 0 Å². The molecule has 0 bridgehead atoms. The maximum Gasteiger partial charge on any atom is 0.573 e. The fourth-order valence-electron chi connectivity index (χ4n) is 2.18. The first kappa shape index (κ1) is 16.1. The molecule has 0 saturated carbocycles. The molecule has 21 heavy (non-hydrogen) atoms. The number of halogens is 3. The monoisotopic (exact) mass is 305 g/mol. The van der Waals surface area contributed by atoms with Crippen molar-refractivity contribution in [2.75, 3.05) is 19.8 Å². The summed E-state index contributed by atoms with van der Waals surface area (Å²) >= 11 is 0. The van der Waals surface area contributed by atoms with Crippen molar-refractivity contribution in [1.29, 1.82) is 0 Å². The molecule has 0 atom stereocenters. The molecular weight excluding hydrogens is 287 g/mol. The van der Waals surface area contributed by atoms with E-state index in [-0.39, 0.29) is 5.75 Å². The standard InChI is InChI=1S/C14H18F3NO3/c15-14(16,17)21-12-3-1-11(2-4-12)9-18-10-13(19)5-7-20-8-6-13/h1-4,18-19H,5-10H2. The second-order valence-electron chi connectivity index (χ2n) is 5.13. The number of nitrogens with one attached hydrogen (secondary N) is 1. The smallest absolute Gasteiger partial charge is 0.406 e. The molecule has 0 aromatic heterocycles. The fourth-order valence-corrected chi connectivity index (χ4v) is 2.18. The SMILES string of the molecule is OC1(CNCc2ccc(OC(F)(F)F)cc2)CCOCC1. The van der Waals surface area contributed by atoms with E-state index in [1.165, 1.54) is 12.1 Å². The van der Waals surface area contributed by atoms with Gasteiger partial charge in [-0.3, -0.25) is 0 Å². The van der Waals surface area contributed by atoms with Crippen molar-refractivity contribution in [3.05, 3.63) is 29.8 Å². The highest BCUT2D eigenvalue weighted by Gasteiger charge is 2.31. The second-order valence-corrected chi connectivity index (χ2v) is 5.13. The van der Waals surface area contributed by atoms with Crippen molar-refractivity contribution in [2.24, 2.45) is 0 Å². The van der Waals surface area contributed by atoms with E-state index in [0.29, 0.717) is 39.1 Å². The van der Waals surface area contributed by atoms with Crippen LogP contribution >= 0.6 is 0 Å². The van der Waals surface area contributed by atoms with Gasteiger partial charge in [-0.05, 0) is 17.7 Å². The molecule has 0 unspecified atom stereocenters. The van der Waals surface area contributed by atoms with Crippen molar-refractivity contribution in [3.63, 3.8) is 0 Å². The van der Waals surface area contributed by atoms with Gasteiger partial charge in [0, 0.05) is 39.1 Å². The molecule has 2 rings (SSSR count). The summed E-state index contributed by atoms with van der Waals surface area (Å²) in [5, 5.41) is 13.3. The molecule has 0 radical (unpaired) electrons. The van der Waals surface area contributed by atoms with E-state index < -0.39 is 12.0 Å². The number of alkyl halides is 3. The molecule has 1 aromatic rings. The molecule has 1 aliphatic rings. The fraction of sp³-hybridized carbons (Fsp3) is 0.571. The predicted molar refractivity (Wildman–Crippen MR) is 69.8 cm³/mol. The van der Waals surface area contributed by atoms with E-state index >= 15 is 0 Å². The van der Waals surface area contributed by atoms with Crippen molar-refractivity contribution in [1.82, 2.24) is 5.32 Å². The van der Waals surface area contributed by atoms with Crippen molar-refractivity contribution in [2.45, 2.75) is 31.3 Å². The van der Waals surface area contributed by atoms with Gasteiger partial charge in [-0.25, -0.2) is 0 Å². The molecule has 1 fully saturated rings. The van der Waals surface area contributed by atoms with Gasteiger partial charge in [-0.15, -0.1) is 13.2 Å². The quantitative estimate of drug-likeness (QED) is 0.876. The van der Waals surface area contributed by atoms with Crippen molar-refractivity contribution < 1.29 is 27.8 Å². The van der Waals surface area contributed by atoms with Gasteiger partial charge in [0.15, 0.2) is 0 Å². The van der Waals surface area contributed by atoms with E-state index in [1.807, 2.05) is 0 Å². The Balaban J connectivity index is 1.78. The molecule has 0 aliphatic carbocycles. The first-order valence-electron chi connectivity index (χ1n) is 6.72. The lowest BCUT2D eigenvalue weighted by Crippen LogP contribution is -2.44. The Kier molecular flexibility index (Phi) is 5.08. The summed E-state index contributed by atoms with van der Waals surface area (Å²) in [7, 11) is 0. The molecule has 7 heteroatoms. The summed E-state index contributed by atoms with van der Waals surface area (Å²) in [5.74, 6) is -0.241. The summed E-state index contributed by atoms with van der Waals surface area (Å²) in [4.78, 5) is 0. The lowest BCUT2D eigenvalue weighted by atomic mass is 9.94. The van der Waals surface area contributed by atoms with Gasteiger partial charge < -0.3 is 19.9 Å². The zero-order valence-electron chi connectivity index (χ0n) is 11.4. The summed E-state index contributed by atoms with van der Waals surface area (Å²) in [6.07, 6.45) is -3.51. The number of benzene rings is 1. The molecule has 4 nitrogen and oxygen atoms in total. The maximum atomic E-state index is 12.0. The number of ether oxygens (including phenoxy) is 2. The number of aliphatic hydroxyl groups is 1. The summed E-state index contributed by atoms with van der Waals surface area (Å²) in [6, 6.07) is 5.66. The average Bonchev–Trinajstić information content (AvgIpc) is 2.40. The van der Waals surface area contributed by atoms with Crippen LogP contribution in [0.15, 0.2) is 24.3 Å². The van der Waals surface area contributed by atoms with Crippen molar-refractivity contribution in [3.8, 4) is 5.75 Å². The van der Waals surface area contributed by atoms with Gasteiger partial charge in [0.2, 0.25) is 0 Å². The summed E-state index contributed by atoms with van der Waals surface area (Å²) in [6.45, 7) is 1.98. The Morgan fingerprint density at radius 2 is 1.81 bits per heavy atom. The van der Waals surface area contributed by atoms with Crippen LogP contribution in [0.5, 0.6) is 5.75 Å². The maximum absolute atomic E-state index is 12.0. The summed E-state index contributed by atoms with van der Waals surface area (Å²) < 4.78 is 45.0. The van der Waals surface area contributed by atoms with Crippen LogP contribution in [0.4, 0.5) is 13.2 Å². The molecule has 0 amide bonds. The molecule has 1 heterocycles. The molecule has 118 valence electrons. The van der Waals surface area contributed by atoms with Crippen LogP contribution in [0.1, 0.15) is 18.4 Å². The zero-order chi connectivity index (χ0) is 15.3. The van der Waals surface area contributed by atoms with Crippen LogP contribution < -0.4 is 10.1 Å². The minimum atomic E-state index is -4.67. The van der Waals surface area contributed by atoms with Crippen LogP contribution in [0.25, 0.3) is 0 Å². The van der Waals surface area contributed by atoms with E-state index in [0.717, 1.165) is 5.56 Å². The Bertz CT molecular complexity index is 442. The molecule has 2 N–H and O–H groups in total. The van der Waals surface area contributed by atoms with Crippen LogP contribution in [-0.2, 0) is 11.3 Å². The lowest BCUT2D eigenvalue weighted by Gasteiger charge is -2.32. The van der Waals surface area contributed by atoms with Crippen LogP contribution in [-0.4, -0.2) is 36.8 Å². The van der Waals surface area contributed by atoms with E-state index in [2.05, 4.69) is 10.1 Å². The number of hydrogen-bond donors (Lipinski definition) is 2. The molecular formula is C14H18F3NO3. The van der Waals surface area contributed by atoms with Gasteiger partial charge >= 0.3 is 6.36 Å². The summed E-state index contributed by atoms with van der Waals surface area (Å²) in [5.41, 5.74) is 0.0533. The minimum absolute atomic E-state index is 0.241. The first-order chi connectivity index (χ1) is 9.86. The Morgan fingerprint density at radius 3 is 2.38 bits per heavy atom. The lowest BCUT2D eigenvalue weighted by molar-refractivity contribution is -0.274. The highest BCUT2D eigenvalue weighted by molar-refractivity contribution is 5.27. The molecule has 1 saturated heterocycles.